The summed E-state index contributed by atoms with van der Waals surface area (Å²) in [6.45, 7) is 9.69. The lowest BCUT2D eigenvalue weighted by atomic mass is 10.0. The van der Waals surface area contributed by atoms with Gasteiger partial charge in [-0.05, 0) is 32.8 Å². The molecule has 0 aromatic carbocycles. The van der Waals surface area contributed by atoms with E-state index in [1.54, 1.807) is 0 Å². The van der Waals surface area contributed by atoms with Gasteiger partial charge < -0.3 is 9.64 Å². The van der Waals surface area contributed by atoms with Crippen LogP contribution in [0.5, 0.6) is 0 Å². The number of carbonyl (C=O) groups is 1. The minimum absolute atomic E-state index is 0.213. The van der Waals surface area contributed by atoms with E-state index in [-0.39, 0.29) is 12.5 Å². The Bertz CT molecular complexity index is 221. The highest BCUT2D eigenvalue weighted by Gasteiger charge is 2.17. The molecule has 3 nitrogen and oxygen atoms in total. The van der Waals surface area contributed by atoms with Crippen LogP contribution in [0.4, 0.5) is 0 Å². The molecule has 0 atom stereocenters. The fourth-order valence-corrected chi connectivity index (χ4v) is 0.949. The molecule has 0 saturated heterocycles. The van der Waals surface area contributed by atoms with Crippen molar-refractivity contribution in [2.24, 2.45) is 0 Å². The van der Waals surface area contributed by atoms with E-state index in [4.69, 9.17) is 4.74 Å². The highest BCUT2D eigenvalue weighted by Crippen LogP contribution is 2.08. The average Bonchev–Trinajstić information content (AvgIpc) is 1.99. The molecule has 0 radical (unpaired) electrons. The monoisotopic (exact) mass is 197 g/mol. The Hall–Kier alpha value is -0.925. The Morgan fingerprint density at radius 3 is 2.36 bits per heavy atom. The number of rotatable bonds is 4. The molecular weight excluding hydrogens is 177 g/mol. The van der Waals surface area contributed by atoms with Crippen LogP contribution >= 0.6 is 0 Å². The molecule has 0 aromatic heterocycles. The molecule has 0 unspecified atom stereocenters. The zero-order chi connectivity index (χ0) is 11.4. The number of hydrogen-bond donors (Lipinski definition) is 0. The third-order valence-electron chi connectivity index (χ3n) is 1.73. The van der Waals surface area contributed by atoms with Crippen LogP contribution in [0.2, 0.25) is 6.32 Å². The molecule has 0 N–H and O–H groups in total. The summed E-state index contributed by atoms with van der Waals surface area (Å²) in [6.07, 6.45) is 0.847. The molecule has 0 aliphatic rings. The van der Waals surface area contributed by atoms with Gasteiger partial charge in [0, 0.05) is 7.05 Å². The maximum absolute atomic E-state index is 11.4. The number of nitrogens with zero attached hydrogens (tertiary/aromatic N) is 1. The Morgan fingerprint density at radius 1 is 1.50 bits per heavy atom. The third-order valence-corrected chi connectivity index (χ3v) is 1.73. The van der Waals surface area contributed by atoms with Gasteiger partial charge >= 0.3 is 5.97 Å². The van der Waals surface area contributed by atoms with Gasteiger partial charge in [0.1, 0.15) is 20.0 Å². The molecule has 14 heavy (non-hydrogen) atoms. The summed E-state index contributed by atoms with van der Waals surface area (Å²) < 4.78 is 5.18. The Balaban J connectivity index is 4.01. The predicted molar refractivity (Wildman–Crippen MR) is 61.0 cm³/mol. The van der Waals surface area contributed by atoms with Crippen LogP contribution in [-0.4, -0.2) is 37.9 Å². The third kappa shape index (κ3) is 5.67. The first-order valence-electron chi connectivity index (χ1n) is 4.87. The topological polar surface area (TPSA) is 29.5 Å². The quantitative estimate of drug-likeness (QED) is 0.493. The van der Waals surface area contributed by atoms with Gasteiger partial charge in [0.2, 0.25) is 0 Å². The van der Waals surface area contributed by atoms with Gasteiger partial charge in [-0.1, -0.05) is 6.58 Å². The van der Waals surface area contributed by atoms with Crippen molar-refractivity contribution in [1.82, 2.24) is 4.90 Å². The van der Waals surface area contributed by atoms with Crippen molar-refractivity contribution in [3.8, 4) is 0 Å². The van der Waals surface area contributed by atoms with Gasteiger partial charge in [0.05, 0.1) is 0 Å². The summed E-state index contributed by atoms with van der Waals surface area (Å²) in [5.74, 6) is -0.213. The van der Waals surface area contributed by atoms with E-state index in [0.29, 0.717) is 0 Å². The van der Waals surface area contributed by atoms with Crippen molar-refractivity contribution in [2.75, 3.05) is 13.6 Å². The van der Waals surface area contributed by atoms with E-state index in [9.17, 15) is 4.79 Å². The van der Waals surface area contributed by atoms with Gasteiger partial charge in [-0.15, -0.1) is 0 Å². The highest BCUT2D eigenvalue weighted by molar-refractivity contribution is 6.10. The molecule has 0 saturated carbocycles. The number of allylic oxidation sites excluding steroid dienone is 1. The number of hydrogen-bond acceptors (Lipinski definition) is 3. The van der Waals surface area contributed by atoms with E-state index in [0.717, 1.165) is 12.0 Å². The second-order valence-corrected chi connectivity index (χ2v) is 4.36. The number of esters is 1. The molecule has 0 spiro atoms. The lowest BCUT2D eigenvalue weighted by Gasteiger charge is -2.24. The maximum Gasteiger partial charge on any atom is 0.326 e. The summed E-state index contributed by atoms with van der Waals surface area (Å²) in [7, 11) is 3.85. The molecule has 80 valence electrons. The van der Waals surface area contributed by atoms with E-state index in [1.165, 1.54) is 0 Å². The van der Waals surface area contributed by atoms with Crippen molar-refractivity contribution >= 4 is 13.8 Å². The number of likely N-dealkylation sites (N-methyl/N-ethyl adjacent to an activating group) is 1. The predicted octanol–water partition coefficient (Wildman–Crippen LogP) is 0.825. The van der Waals surface area contributed by atoms with Gasteiger partial charge in [-0.3, -0.25) is 4.79 Å². The average molecular weight is 197 g/mol. The SMILES string of the molecule is BCC(=C)N(C)CC(=O)OC(C)(C)C. The lowest BCUT2D eigenvalue weighted by molar-refractivity contribution is -0.155. The first-order valence-corrected chi connectivity index (χ1v) is 4.87. The Morgan fingerprint density at radius 2 is 2.00 bits per heavy atom. The zero-order valence-electron chi connectivity index (χ0n) is 9.89. The molecule has 4 heteroatoms. The molecule has 0 aliphatic carbocycles. The number of carbonyl (C=O) groups excluding carboxylic acids is 1. The number of ether oxygens (including phenoxy) is 1. The second kappa shape index (κ2) is 5.08. The van der Waals surface area contributed by atoms with Crippen molar-refractivity contribution in [3.05, 3.63) is 12.3 Å². The van der Waals surface area contributed by atoms with E-state index in [2.05, 4.69) is 6.58 Å². The summed E-state index contributed by atoms with van der Waals surface area (Å²) in [6, 6.07) is 0. The van der Waals surface area contributed by atoms with E-state index in [1.807, 2.05) is 40.6 Å². The summed E-state index contributed by atoms with van der Waals surface area (Å²) >= 11 is 0. The maximum atomic E-state index is 11.4. The van der Waals surface area contributed by atoms with E-state index >= 15 is 0 Å². The second-order valence-electron chi connectivity index (χ2n) is 4.36. The first-order chi connectivity index (χ1) is 6.26. The van der Waals surface area contributed by atoms with Crippen molar-refractivity contribution in [3.63, 3.8) is 0 Å². The molecular formula is C10H20BNO2. The summed E-state index contributed by atoms with van der Waals surface area (Å²) in [5, 5.41) is 0. The Kier molecular flexibility index (Phi) is 4.74. The molecule has 0 fully saturated rings. The van der Waals surface area contributed by atoms with Crippen LogP contribution in [-0.2, 0) is 9.53 Å². The van der Waals surface area contributed by atoms with Gasteiger partial charge in [0.25, 0.3) is 0 Å². The van der Waals surface area contributed by atoms with Crippen LogP contribution in [0.15, 0.2) is 12.3 Å². The zero-order valence-corrected chi connectivity index (χ0v) is 9.89. The van der Waals surface area contributed by atoms with E-state index < -0.39 is 5.60 Å². The molecule has 0 bridgehead atoms. The molecule has 0 aliphatic heterocycles. The minimum Gasteiger partial charge on any atom is -0.459 e. The fraction of sp³-hybridized carbons (Fsp3) is 0.700. The first kappa shape index (κ1) is 13.1. The molecule has 0 aromatic rings. The summed E-state index contributed by atoms with van der Waals surface area (Å²) in [5.41, 5.74) is 0.529. The normalized spacial score (nSPS) is 10.9. The smallest absolute Gasteiger partial charge is 0.326 e. The van der Waals surface area contributed by atoms with Crippen LogP contribution in [0, 0.1) is 0 Å². The molecule has 0 heterocycles. The van der Waals surface area contributed by atoms with Crippen LogP contribution in [0.3, 0.4) is 0 Å². The van der Waals surface area contributed by atoms with Gasteiger partial charge in [-0.2, -0.15) is 0 Å². The van der Waals surface area contributed by atoms with Crippen LogP contribution < -0.4 is 0 Å². The van der Waals surface area contributed by atoms with Crippen LogP contribution in [0.25, 0.3) is 0 Å². The van der Waals surface area contributed by atoms with Crippen molar-refractivity contribution < 1.29 is 9.53 Å². The molecule has 0 amide bonds. The Labute approximate surface area is 87.5 Å². The van der Waals surface area contributed by atoms with Crippen molar-refractivity contribution in [2.45, 2.75) is 32.7 Å². The molecule has 0 rings (SSSR count). The fourth-order valence-electron chi connectivity index (χ4n) is 0.949. The lowest BCUT2D eigenvalue weighted by Crippen LogP contribution is -2.32. The van der Waals surface area contributed by atoms with Crippen LogP contribution in [0.1, 0.15) is 20.8 Å². The van der Waals surface area contributed by atoms with Crippen molar-refractivity contribution in [1.29, 1.82) is 0 Å². The van der Waals surface area contributed by atoms with Gasteiger partial charge in [-0.25, -0.2) is 0 Å². The minimum atomic E-state index is -0.411. The largest absolute Gasteiger partial charge is 0.459 e. The standard InChI is InChI=1S/C10H20BNO2/c1-8(6-11)12(5)7-9(13)14-10(2,3)4/h1,6-7,11H2,2-5H3. The van der Waals surface area contributed by atoms with Gasteiger partial charge in [0.15, 0.2) is 0 Å². The summed E-state index contributed by atoms with van der Waals surface area (Å²) in [4.78, 5) is 13.2. The highest BCUT2D eigenvalue weighted by atomic mass is 16.6.